The number of benzene rings is 1. The smallest absolute Gasteiger partial charge is 0.303 e. The van der Waals surface area contributed by atoms with Crippen LogP contribution >= 0.6 is 0 Å². The molecule has 0 aliphatic carbocycles. The number of carboxylic acid groups (broad SMARTS) is 1. The summed E-state index contributed by atoms with van der Waals surface area (Å²) < 4.78 is 0. The minimum atomic E-state index is -0.736. The Morgan fingerprint density at radius 2 is 2.00 bits per heavy atom. The van der Waals surface area contributed by atoms with Gasteiger partial charge in [-0.25, -0.2) is 0 Å². The summed E-state index contributed by atoms with van der Waals surface area (Å²) in [7, 11) is 0. The largest absolute Gasteiger partial charge is 0.481 e. The minimum absolute atomic E-state index is 0.198. The highest BCUT2D eigenvalue weighted by Crippen LogP contribution is 2.22. The predicted octanol–water partition coefficient (Wildman–Crippen LogP) is 1.11. The Kier molecular flexibility index (Phi) is 3.98. The molecule has 2 N–H and O–H groups in total. The summed E-state index contributed by atoms with van der Waals surface area (Å²) in [6, 6.07) is 8.10. The molecule has 4 heteroatoms. The molecule has 1 saturated heterocycles. The second-order valence-corrected chi connectivity index (χ2v) is 4.26. The van der Waals surface area contributed by atoms with E-state index in [9.17, 15) is 4.79 Å². The molecule has 0 unspecified atom stereocenters. The second kappa shape index (κ2) is 5.68. The quantitative estimate of drug-likeness (QED) is 0.819. The summed E-state index contributed by atoms with van der Waals surface area (Å²) in [4.78, 5) is 13.0. The summed E-state index contributed by atoms with van der Waals surface area (Å²) in [5, 5.41) is 12.1. The first kappa shape index (κ1) is 11.9. The highest BCUT2D eigenvalue weighted by molar-refractivity contribution is 5.68. The highest BCUT2D eigenvalue weighted by Gasteiger charge is 2.13. The average molecular weight is 234 g/mol. The molecule has 1 fully saturated rings. The Balaban J connectivity index is 2.11. The molecule has 1 aliphatic heterocycles. The number of rotatable bonds is 4. The van der Waals surface area contributed by atoms with Crippen molar-refractivity contribution in [2.45, 2.75) is 12.8 Å². The Labute approximate surface area is 101 Å². The van der Waals surface area contributed by atoms with Crippen molar-refractivity contribution in [1.29, 1.82) is 0 Å². The third-order valence-corrected chi connectivity index (χ3v) is 3.06. The Morgan fingerprint density at radius 3 is 2.71 bits per heavy atom. The minimum Gasteiger partial charge on any atom is -0.481 e. The van der Waals surface area contributed by atoms with E-state index in [1.54, 1.807) is 0 Å². The number of anilines is 1. The van der Waals surface area contributed by atoms with E-state index in [2.05, 4.69) is 16.3 Å². The number of nitrogens with one attached hydrogen (secondary N) is 1. The number of hydrogen-bond acceptors (Lipinski definition) is 3. The van der Waals surface area contributed by atoms with Crippen molar-refractivity contribution in [2.24, 2.45) is 0 Å². The number of carboxylic acids is 1. The second-order valence-electron chi connectivity index (χ2n) is 4.26. The number of hydrogen-bond donors (Lipinski definition) is 2. The zero-order valence-corrected chi connectivity index (χ0v) is 9.85. The summed E-state index contributed by atoms with van der Waals surface area (Å²) in [5.74, 6) is -0.736. The Bertz CT molecular complexity index is 387. The fourth-order valence-corrected chi connectivity index (χ4v) is 2.18. The van der Waals surface area contributed by atoms with Gasteiger partial charge in [-0.15, -0.1) is 0 Å². The van der Waals surface area contributed by atoms with Crippen LogP contribution in [0.15, 0.2) is 24.3 Å². The van der Waals surface area contributed by atoms with Crippen molar-refractivity contribution >= 4 is 11.7 Å². The van der Waals surface area contributed by atoms with Crippen molar-refractivity contribution in [2.75, 3.05) is 31.1 Å². The van der Waals surface area contributed by atoms with Crippen LogP contribution in [0, 0.1) is 0 Å². The van der Waals surface area contributed by atoms with Gasteiger partial charge in [0.05, 0.1) is 0 Å². The third-order valence-electron chi connectivity index (χ3n) is 3.06. The van der Waals surface area contributed by atoms with Gasteiger partial charge in [-0.2, -0.15) is 0 Å². The van der Waals surface area contributed by atoms with E-state index >= 15 is 0 Å². The predicted molar refractivity (Wildman–Crippen MR) is 67.5 cm³/mol. The van der Waals surface area contributed by atoms with Crippen LogP contribution in [-0.4, -0.2) is 37.3 Å². The molecular formula is C13H18N2O2. The van der Waals surface area contributed by atoms with Crippen LogP contribution in [0.2, 0.25) is 0 Å². The summed E-state index contributed by atoms with van der Waals surface area (Å²) in [6.07, 6.45) is 0.804. The van der Waals surface area contributed by atoms with Crippen molar-refractivity contribution in [3.05, 3.63) is 29.8 Å². The monoisotopic (exact) mass is 234 g/mol. The van der Waals surface area contributed by atoms with Crippen LogP contribution < -0.4 is 10.2 Å². The van der Waals surface area contributed by atoms with Gasteiger partial charge in [0.15, 0.2) is 0 Å². The van der Waals surface area contributed by atoms with Gasteiger partial charge in [-0.1, -0.05) is 18.2 Å². The number of carbonyl (C=O) groups is 1. The van der Waals surface area contributed by atoms with Gasteiger partial charge < -0.3 is 15.3 Å². The zero-order valence-electron chi connectivity index (χ0n) is 9.85. The van der Waals surface area contributed by atoms with Crippen molar-refractivity contribution in [3.63, 3.8) is 0 Å². The SMILES string of the molecule is O=C(O)CCc1ccccc1N1CCNCC1. The molecule has 0 aromatic heterocycles. The lowest BCUT2D eigenvalue weighted by Crippen LogP contribution is -2.43. The van der Waals surface area contributed by atoms with E-state index in [0.29, 0.717) is 6.42 Å². The maximum Gasteiger partial charge on any atom is 0.303 e. The normalized spacial score (nSPS) is 15.9. The first-order valence-corrected chi connectivity index (χ1v) is 6.03. The van der Waals surface area contributed by atoms with Crippen LogP contribution in [0.25, 0.3) is 0 Å². The van der Waals surface area contributed by atoms with Crippen LogP contribution in [-0.2, 0) is 11.2 Å². The molecule has 1 aliphatic rings. The average Bonchev–Trinajstić information content (AvgIpc) is 2.38. The van der Waals surface area contributed by atoms with Crippen LogP contribution in [0.3, 0.4) is 0 Å². The molecule has 17 heavy (non-hydrogen) atoms. The molecule has 1 heterocycles. The van der Waals surface area contributed by atoms with Crippen molar-refractivity contribution < 1.29 is 9.90 Å². The van der Waals surface area contributed by atoms with Gasteiger partial charge >= 0.3 is 5.97 Å². The molecule has 1 aromatic rings. The number of aliphatic carboxylic acids is 1. The molecule has 0 spiro atoms. The molecular weight excluding hydrogens is 216 g/mol. The van der Waals surface area contributed by atoms with E-state index < -0.39 is 5.97 Å². The summed E-state index contributed by atoms with van der Waals surface area (Å²) in [5.41, 5.74) is 2.33. The molecule has 4 nitrogen and oxygen atoms in total. The fraction of sp³-hybridized carbons (Fsp3) is 0.462. The van der Waals surface area contributed by atoms with E-state index in [4.69, 9.17) is 5.11 Å². The number of aryl methyl sites for hydroxylation is 1. The summed E-state index contributed by atoms with van der Waals surface area (Å²) in [6.45, 7) is 3.97. The van der Waals surface area contributed by atoms with Gasteiger partial charge in [0, 0.05) is 38.3 Å². The van der Waals surface area contributed by atoms with Gasteiger partial charge in [0.2, 0.25) is 0 Å². The number of para-hydroxylation sites is 1. The van der Waals surface area contributed by atoms with E-state index in [0.717, 1.165) is 31.7 Å². The Morgan fingerprint density at radius 1 is 1.29 bits per heavy atom. The lowest BCUT2D eigenvalue weighted by molar-refractivity contribution is -0.136. The topological polar surface area (TPSA) is 52.6 Å². The number of piperazine rings is 1. The van der Waals surface area contributed by atoms with Gasteiger partial charge in [-0.05, 0) is 18.1 Å². The molecule has 0 atom stereocenters. The molecule has 0 radical (unpaired) electrons. The lowest BCUT2D eigenvalue weighted by atomic mass is 10.1. The fourth-order valence-electron chi connectivity index (χ4n) is 2.18. The van der Waals surface area contributed by atoms with Crippen LogP contribution in [0.5, 0.6) is 0 Å². The van der Waals surface area contributed by atoms with Gasteiger partial charge in [0.25, 0.3) is 0 Å². The van der Waals surface area contributed by atoms with E-state index in [-0.39, 0.29) is 6.42 Å². The Hall–Kier alpha value is -1.55. The maximum absolute atomic E-state index is 10.6. The first-order chi connectivity index (χ1) is 8.27. The lowest BCUT2D eigenvalue weighted by Gasteiger charge is -2.31. The van der Waals surface area contributed by atoms with E-state index in [1.165, 1.54) is 5.69 Å². The van der Waals surface area contributed by atoms with Gasteiger partial charge in [0.1, 0.15) is 0 Å². The van der Waals surface area contributed by atoms with Crippen LogP contribution in [0.4, 0.5) is 5.69 Å². The van der Waals surface area contributed by atoms with Gasteiger partial charge in [-0.3, -0.25) is 4.79 Å². The van der Waals surface area contributed by atoms with Crippen molar-refractivity contribution in [1.82, 2.24) is 5.32 Å². The third kappa shape index (κ3) is 3.20. The standard InChI is InChI=1S/C13H18N2O2/c16-13(17)6-5-11-3-1-2-4-12(11)15-9-7-14-8-10-15/h1-4,14H,5-10H2,(H,16,17). The molecule has 0 bridgehead atoms. The molecule has 0 amide bonds. The zero-order chi connectivity index (χ0) is 12.1. The molecule has 1 aromatic carbocycles. The molecule has 92 valence electrons. The molecule has 0 saturated carbocycles. The van der Waals surface area contributed by atoms with Crippen molar-refractivity contribution in [3.8, 4) is 0 Å². The first-order valence-electron chi connectivity index (χ1n) is 6.03. The molecule has 2 rings (SSSR count). The highest BCUT2D eigenvalue weighted by atomic mass is 16.4. The maximum atomic E-state index is 10.6. The van der Waals surface area contributed by atoms with E-state index in [1.807, 2.05) is 18.2 Å². The van der Waals surface area contributed by atoms with Crippen LogP contribution in [0.1, 0.15) is 12.0 Å². The summed E-state index contributed by atoms with van der Waals surface area (Å²) >= 11 is 0. The number of nitrogens with zero attached hydrogens (tertiary/aromatic N) is 1.